The van der Waals surface area contributed by atoms with Crippen molar-refractivity contribution >= 4 is 0 Å². The summed E-state index contributed by atoms with van der Waals surface area (Å²) >= 11 is 0. The largest absolute Gasteiger partial charge is 0.394 e. The third-order valence-electron chi connectivity index (χ3n) is 3.07. The summed E-state index contributed by atoms with van der Waals surface area (Å²) in [4.78, 5) is 0. The summed E-state index contributed by atoms with van der Waals surface area (Å²) in [6, 6.07) is 0. The van der Waals surface area contributed by atoms with Crippen molar-refractivity contribution in [3.63, 3.8) is 0 Å². The van der Waals surface area contributed by atoms with Crippen LogP contribution in [0.15, 0.2) is 0 Å². The molecule has 0 saturated heterocycles. The minimum atomic E-state index is -4.15. The molecular weight excluding hydrogens is 229 g/mol. The van der Waals surface area contributed by atoms with Gasteiger partial charge in [-0.05, 0) is 19.3 Å². The Morgan fingerprint density at radius 3 is 1.82 bits per heavy atom. The van der Waals surface area contributed by atoms with E-state index in [0.29, 0.717) is 0 Å². The van der Waals surface area contributed by atoms with Gasteiger partial charge in [0.1, 0.15) is 0 Å². The van der Waals surface area contributed by atoms with E-state index in [1.54, 1.807) is 0 Å². The van der Waals surface area contributed by atoms with E-state index in [1.807, 2.05) is 0 Å². The minimum Gasteiger partial charge on any atom is -0.378 e. The average molecular weight is 254 g/mol. The summed E-state index contributed by atoms with van der Waals surface area (Å²) in [5.74, 6) is 0. The van der Waals surface area contributed by atoms with E-state index in [1.165, 1.54) is 13.8 Å². The van der Waals surface area contributed by atoms with E-state index in [4.69, 9.17) is 4.74 Å². The highest BCUT2D eigenvalue weighted by Crippen LogP contribution is 2.40. The molecule has 0 unspecified atom stereocenters. The molecule has 0 fully saturated rings. The van der Waals surface area contributed by atoms with E-state index < -0.39 is 11.6 Å². The Kier molecular flexibility index (Phi) is 7.14. The van der Waals surface area contributed by atoms with Crippen LogP contribution in [-0.4, -0.2) is 18.9 Å². The number of halogens is 3. The molecule has 0 N–H and O–H groups in total. The molecule has 0 amide bonds. The first-order chi connectivity index (χ1) is 7.74. The van der Waals surface area contributed by atoms with Gasteiger partial charge in [0.2, 0.25) is 0 Å². The molecule has 0 aliphatic heterocycles. The van der Waals surface area contributed by atoms with Crippen LogP contribution < -0.4 is 0 Å². The standard InChI is InChI=1S/C13H25F3O/c1-5-7-11(8-6-2)17-10-9-12(3,4)13(14,15)16/h11H,5-10H2,1-4H3. The number of ether oxygens (including phenoxy) is 1. The highest BCUT2D eigenvalue weighted by atomic mass is 19.4. The van der Waals surface area contributed by atoms with E-state index in [-0.39, 0.29) is 19.1 Å². The maximum Gasteiger partial charge on any atom is 0.394 e. The maximum atomic E-state index is 12.6. The van der Waals surface area contributed by atoms with E-state index in [2.05, 4.69) is 13.8 Å². The molecule has 0 aliphatic rings. The lowest BCUT2D eigenvalue weighted by Gasteiger charge is -2.28. The molecule has 0 radical (unpaired) electrons. The Balaban J connectivity index is 4.03. The molecule has 0 aromatic heterocycles. The summed E-state index contributed by atoms with van der Waals surface area (Å²) in [5, 5.41) is 0. The quantitative estimate of drug-likeness (QED) is 0.595. The molecule has 0 spiro atoms. The fourth-order valence-electron chi connectivity index (χ4n) is 1.58. The van der Waals surface area contributed by atoms with Crippen molar-refractivity contribution in [3.05, 3.63) is 0 Å². The van der Waals surface area contributed by atoms with Gasteiger partial charge in [0.25, 0.3) is 0 Å². The summed E-state index contributed by atoms with van der Waals surface area (Å²) in [6.07, 6.45) is -0.128. The molecule has 0 atom stereocenters. The van der Waals surface area contributed by atoms with Crippen LogP contribution >= 0.6 is 0 Å². The highest BCUT2D eigenvalue weighted by Gasteiger charge is 2.46. The Hall–Kier alpha value is -0.250. The molecular formula is C13H25F3O. The predicted octanol–water partition coefficient (Wildman–Crippen LogP) is 4.95. The maximum absolute atomic E-state index is 12.6. The number of alkyl halides is 3. The Bertz CT molecular complexity index is 193. The number of rotatable bonds is 8. The van der Waals surface area contributed by atoms with Crippen LogP contribution in [-0.2, 0) is 4.74 Å². The highest BCUT2D eigenvalue weighted by molar-refractivity contribution is 4.77. The average Bonchev–Trinajstić information content (AvgIpc) is 2.16. The zero-order valence-corrected chi connectivity index (χ0v) is 11.4. The van der Waals surface area contributed by atoms with Crippen molar-refractivity contribution in [2.24, 2.45) is 5.41 Å². The SMILES string of the molecule is CCCC(CCC)OCCC(C)(C)C(F)(F)F. The van der Waals surface area contributed by atoms with Crippen LogP contribution in [0.5, 0.6) is 0 Å². The van der Waals surface area contributed by atoms with Crippen molar-refractivity contribution in [3.8, 4) is 0 Å². The topological polar surface area (TPSA) is 9.23 Å². The van der Waals surface area contributed by atoms with Gasteiger partial charge < -0.3 is 4.74 Å². The lowest BCUT2D eigenvalue weighted by atomic mass is 9.89. The summed E-state index contributed by atoms with van der Waals surface area (Å²) in [5.41, 5.74) is -1.66. The fourth-order valence-corrected chi connectivity index (χ4v) is 1.58. The molecule has 0 heterocycles. The van der Waals surface area contributed by atoms with E-state index >= 15 is 0 Å². The van der Waals surface area contributed by atoms with Crippen molar-refractivity contribution in [1.29, 1.82) is 0 Å². The van der Waals surface area contributed by atoms with Gasteiger partial charge in [-0.2, -0.15) is 13.2 Å². The first kappa shape index (κ1) is 16.8. The fraction of sp³-hybridized carbons (Fsp3) is 1.00. The van der Waals surface area contributed by atoms with E-state index in [9.17, 15) is 13.2 Å². The Morgan fingerprint density at radius 2 is 1.47 bits per heavy atom. The third-order valence-corrected chi connectivity index (χ3v) is 3.07. The van der Waals surface area contributed by atoms with Gasteiger partial charge in [0, 0.05) is 6.61 Å². The van der Waals surface area contributed by atoms with Crippen LogP contribution in [0.4, 0.5) is 13.2 Å². The van der Waals surface area contributed by atoms with Crippen LogP contribution in [0.3, 0.4) is 0 Å². The van der Waals surface area contributed by atoms with Gasteiger partial charge in [-0.25, -0.2) is 0 Å². The monoisotopic (exact) mass is 254 g/mol. The summed E-state index contributed by atoms with van der Waals surface area (Å²) in [7, 11) is 0. The molecule has 4 heteroatoms. The van der Waals surface area contributed by atoms with Gasteiger partial charge in [-0.3, -0.25) is 0 Å². The Morgan fingerprint density at radius 1 is 1.00 bits per heavy atom. The van der Waals surface area contributed by atoms with Gasteiger partial charge in [0.15, 0.2) is 0 Å². The van der Waals surface area contributed by atoms with Crippen LogP contribution in [0.1, 0.15) is 59.8 Å². The van der Waals surface area contributed by atoms with Gasteiger partial charge in [-0.15, -0.1) is 0 Å². The van der Waals surface area contributed by atoms with Crippen molar-refractivity contribution in [1.82, 2.24) is 0 Å². The minimum absolute atomic E-state index is 0.0282. The zero-order chi connectivity index (χ0) is 13.5. The van der Waals surface area contributed by atoms with Gasteiger partial charge >= 0.3 is 6.18 Å². The first-order valence-electron chi connectivity index (χ1n) is 6.43. The molecule has 0 aromatic rings. The smallest absolute Gasteiger partial charge is 0.378 e. The van der Waals surface area contributed by atoms with Crippen LogP contribution in [0, 0.1) is 5.41 Å². The molecule has 0 saturated carbocycles. The lowest BCUT2D eigenvalue weighted by Crippen LogP contribution is -2.33. The van der Waals surface area contributed by atoms with Crippen molar-refractivity contribution < 1.29 is 17.9 Å². The first-order valence-corrected chi connectivity index (χ1v) is 6.43. The molecule has 0 bridgehead atoms. The second-order valence-electron chi connectivity index (χ2n) is 5.20. The molecule has 17 heavy (non-hydrogen) atoms. The molecule has 0 aromatic carbocycles. The normalized spacial score (nSPS) is 13.4. The number of hydrogen-bond acceptors (Lipinski definition) is 1. The van der Waals surface area contributed by atoms with Gasteiger partial charge in [-0.1, -0.05) is 40.5 Å². The second-order valence-corrected chi connectivity index (χ2v) is 5.20. The molecule has 104 valence electrons. The number of hydrogen-bond donors (Lipinski definition) is 0. The van der Waals surface area contributed by atoms with Crippen LogP contribution in [0.25, 0.3) is 0 Å². The molecule has 0 aliphatic carbocycles. The van der Waals surface area contributed by atoms with Gasteiger partial charge in [0.05, 0.1) is 11.5 Å². The van der Waals surface area contributed by atoms with Crippen molar-refractivity contribution in [2.45, 2.75) is 72.1 Å². The Labute approximate surface area is 103 Å². The van der Waals surface area contributed by atoms with Crippen LogP contribution in [0.2, 0.25) is 0 Å². The summed E-state index contributed by atoms with van der Waals surface area (Å²) in [6.45, 7) is 6.77. The van der Waals surface area contributed by atoms with Crippen molar-refractivity contribution in [2.75, 3.05) is 6.61 Å². The molecule has 1 nitrogen and oxygen atoms in total. The summed E-state index contributed by atoms with van der Waals surface area (Å²) < 4.78 is 43.3. The lowest BCUT2D eigenvalue weighted by molar-refractivity contribution is -0.217. The third kappa shape index (κ3) is 6.29. The van der Waals surface area contributed by atoms with E-state index in [0.717, 1.165) is 25.7 Å². The zero-order valence-electron chi connectivity index (χ0n) is 11.4. The second kappa shape index (κ2) is 7.24. The predicted molar refractivity (Wildman–Crippen MR) is 64.0 cm³/mol. The molecule has 0 rings (SSSR count).